The number of aromatic amines is 1. The second kappa shape index (κ2) is 6.64. The number of nitrogens with one attached hydrogen (secondary N) is 2. The molecule has 2 aromatic heterocycles. The fourth-order valence-electron chi connectivity index (χ4n) is 3.09. The third kappa shape index (κ3) is 3.25. The van der Waals surface area contributed by atoms with E-state index < -0.39 is 0 Å². The van der Waals surface area contributed by atoms with Crippen molar-refractivity contribution >= 4 is 28.6 Å². The Balaban J connectivity index is 1.64. The third-order valence-electron chi connectivity index (χ3n) is 4.54. The predicted molar refractivity (Wildman–Crippen MR) is 93.4 cm³/mol. The highest BCUT2D eigenvalue weighted by Gasteiger charge is 2.22. The molecule has 1 aromatic carbocycles. The minimum Gasteiger partial charge on any atom is -0.396 e. The van der Waals surface area contributed by atoms with E-state index >= 15 is 0 Å². The van der Waals surface area contributed by atoms with Gasteiger partial charge in [0.05, 0.1) is 6.33 Å². The highest BCUT2D eigenvalue weighted by Crippen LogP contribution is 2.28. The standard InChI is InChI=1S/C17H19FN6O/c18-12-1-3-13(4-2-12)21-17-22-15-14(19-10-20-15)16(23-17)24-7-5-11(9-25)6-8-24/h1-4,10-11,25H,5-9H2,(H2,19,20,21,22,23). The summed E-state index contributed by atoms with van der Waals surface area (Å²) < 4.78 is 13.1. The summed E-state index contributed by atoms with van der Waals surface area (Å²) in [5.41, 5.74) is 2.09. The van der Waals surface area contributed by atoms with Crippen LogP contribution >= 0.6 is 0 Å². The summed E-state index contributed by atoms with van der Waals surface area (Å²) in [5, 5.41) is 12.4. The molecule has 3 N–H and O–H groups in total. The van der Waals surface area contributed by atoms with Crippen molar-refractivity contribution in [3.63, 3.8) is 0 Å². The molecule has 0 atom stereocenters. The van der Waals surface area contributed by atoms with E-state index in [9.17, 15) is 9.50 Å². The number of anilines is 3. The third-order valence-corrected chi connectivity index (χ3v) is 4.54. The lowest BCUT2D eigenvalue weighted by atomic mass is 9.98. The van der Waals surface area contributed by atoms with E-state index in [1.54, 1.807) is 18.5 Å². The molecule has 1 fully saturated rings. The summed E-state index contributed by atoms with van der Waals surface area (Å²) in [7, 11) is 0. The molecule has 3 aromatic rings. The van der Waals surface area contributed by atoms with E-state index in [-0.39, 0.29) is 12.4 Å². The van der Waals surface area contributed by atoms with Gasteiger partial charge in [-0.2, -0.15) is 9.97 Å². The van der Waals surface area contributed by atoms with Gasteiger partial charge in [-0.3, -0.25) is 0 Å². The molecule has 0 unspecified atom stereocenters. The molecule has 0 amide bonds. The van der Waals surface area contributed by atoms with Crippen molar-refractivity contribution < 1.29 is 9.50 Å². The van der Waals surface area contributed by atoms with E-state index in [2.05, 4.69) is 30.2 Å². The van der Waals surface area contributed by atoms with Crippen LogP contribution in [-0.2, 0) is 0 Å². The normalized spacial score (nSPS) is 15.7. The van der Waals surface area contributed by atoms with Crippen LogP contribution in [0, 0.1) is 11.7 Å². The zero-order chi connectivity index (χ0) is 17.2. The van der Waals surface area contributed by atoms with Gasteiger partial charge in [0.25, 0.3) is 0 Å². The Morgan fingerprint density at radius 1 is 1.20 bits per heavy atom. The quantitative estimate of drug-likeness (QED) is 0.675. The number of aliphatic hydroxyl groups is 1. The van der Waals surface area contributed by atoms with Gasteiger partial charge in [-0.1, -0.05) is 0 Å². The Bertz CT molecular complexity index is 857. The lowest BCUT2D eigenvalue weighted by Crippen LogP contribution is -2.35. The number of fused-ring (bicyclic) bond motifs is 1. The fourth-order valence-corrected chi connectivity index (χ4v) is 3.09. The van der Waals surface area contributed by atoms with Gasteiger partial charge in [0.1, 0.15) is 11.3 Å². The molecular formula is C17H19FN6O. The predicted octanol–water partition coefficient (Wildman–Crippen LogP) is 2.44. The molecule has 1 aliphatic heterocycles. The minimum absolute atomic E-state index is 0.231. The van der Waals surface area contributed by atoms with Crippen molar-refractivity contribution in [2.45, 2.75) is 12.8 Å². The van der Waals surface area contributed by atoms with Crippen molar-refractivity contribution in [1.29, 1.82) is 0 Å². The molecule has 7 nitrogen and oxygen atoms in total. The second-order valence-electron chi connectivity index (χ2n) is 6.22. The summed E-state index contributed by atoms with van der Waals surface area (Å²) in [5.74, 6) is 1.28. The molecule has 4 rings (SSSR count). The van der Waals surface area contributed by atoms with Crippen LogP contribution in [0.4, 0.5) is 21.8 Å². The first-order valence-corrected chi connectivity index (χ1v) is 8.32. The number of hydrogen-bond donors (Lipinski definition) is 3. The maximum absolute atomic E-state index is 13.1. The van der Waals surface area contributed by atoms with Crippen LogP contribution in [0.1, 0.15) is 12.8 Å². The first-order valence-electron chi connectivity index (χ1n) is 8.32. The number of aromatic nitrogens is 4. The zero-order valence-corrected chi connectivity index (χ0v) is 13.6. The van der Waals surface area contributed by atoms with Crippen molar-refractivity contribution in [2.24, 2.45) is 5.92 Å². The highest BCUT2D eigenvalue weighted by atomic mass is 19.1. The zero-order valence-electron chi connectivity index (χ0n) is 13.6. The SMILES string of the molecule is OCC1CCN(c2nc(Nc3ccc(F)cc3)nc3nc[nH]c23)CC1. The van der Waals surface area contributed by atoms with E-state index in [0.717, 1.165) is 37.3 Å². The van der Waals surface area contributed by atoms with Crippen LogP contribution in [0.3, 0.4) is 0 Å². The Labute approximate surface area is 143 Å². The minimum atomic E-state index is -0.290. The summed E-state index contributed by atoms with van der Waals surface area (Å²) >= 11 is 0. The number of hydrogen-bond acceptors (Lipinski definition) is 6. The Kier molecular flexibility index (Phi) is 4.19. The summed E-state index contributed by atoms with van der Waals surface area (Å²) in [6.07, 6.45) is 3.46. The molecule has 1 aliphatic rings. The number of H-pyrrole nitrogens is 1. The summed E-state index contributed by atoms with van der Waals surface area (Å²) in [6.45, 7) is 1.88. The molecule has 25 heavy (non-hydrogen) atoms. The molecule has 1 saturated heterocycles. The van der Waals surface area contributed by atoms with Crippen LogP contribution in [-0.4, -0.2) is 44.7 Å². The van der Waals surface area contributed by atoms with Crippen LogP contribution in [0.15, 0.2) is 30.6 Å². The fraction of sp³-hybridized carbons (Fsp3) is 0.353. The maximum atomic E-state index is 13.1. The van der Waals surface area contributed by atoms with Gasteiger partial charge in [0, 0.05) is 25.4 Å². The highest BCUT2D eigenvalue weighted by molar-refractivity contribution is 5.84. The van der Waals surface area contributed by atoms with Crippen molar-refractivity contribution in [1.82, 2.24) is 19.9 Å². The van der Waals surface area contributed by atoms with Gasteiger partial charge in [-0.05, 0) is 43.0 Å². The summed E-state index contributed by atoms with van der Waals surface area (Å²) in [4.78, 5) is 18.6. The van der Waals surface area contributed by atoms with Crippen LogP contribution in [0.2, 0.25) is 0 Å². The number of piperidine rings is 1. The lowest BCUT2D eigenvalue weighted by Gasteiger charge is -2.32. The van der Waals surface area contributed by atoms with Gasteiger partial charge in [0.15, 0.2) is 11.5 Å². The van der Waals surface area contributed by atoms with Crippen molar-refractivity contribution in [3.05, 3.63) is 36.4 Å². The number of nitrogens with zero attached hydrogens (tertiary/aromatic N) is 4. The number of rotatable bonds is 4. The molecule has 0 aliphatic carbocycles. The topological polar surface area (TPSA) is 90.0 Å². The van der Waals surface area contributed by atoms with Crippen LogP contribution in [0.5, 0.6) is 0 Å². The summed E-state index contributed by atoms with van der Waals surface area (Å²) in [6, 6.07) is 6.05. The molecule has 0 radical (unpaired) electrons. The van der Waals surface area contributed by atoms with E-state index in [1.807, 2.05) is 0 Å². The Morgan fingerprint density at radius 3 is 2.68 bits per heavy atom. The molecule has 0 spiro atoms. The molecular weight excluding hydrogens is 323 g/mol. The van der Waals surface area contributed by atoms with Crippen LogP contribution < -0.4 is 10.2 Å². The molecule has 0 saturated carbocycles. The Morgan fingerprint density at radius 2 is 1.96 bits per heavy atom. The maximum Gasteiger partial charge on any atom is 0.231 e. The van der Waals surface area contributed by atoms with E-state index in [4.69, 9.17) is 0 Å². The second-order valence-corrected chi connectivity index (χ2v) is 6.22. The molecule has 3 heterocycles. The van der Waals surface area contributed by atoms with Crippen molar-refractivity contribution in [2.75, 3.05) is 29.9 Å². The van der Waals surface area contributed by atoms with Crippen molar-refractivity contribution in [3.8, 4) is 0 Å². The Hall–Kier alpha value is -2.74. The first kappa shape index (κ1) is 15.8. The molecule has 130 valence electrons. The van der Waals surface area contributed by atoms with Gasteiger partial charge >= 0.3 is 0 Å². The number of halogens is 1. The first-order chi connectivity index (χ1) is 12.2. The largest absolute Gasteiger partial charge is 0.396 e. The number of imidazole rings is 1. The smallest absolute Gasteiger partial charge is 0.231 e. The van der Waals surface area contributed by atoms with E-state index in [0.29, 0.717) is 23.2 Å². The number of aliphatic hydroxyl groups excluding tert-OH is 1. The van der Waals surface area contributed by atoms with Crippen LogP contribution in [0.25, 0.3) is 11.2 Å². The average molecular weight is 342 g/mol. The van der Waals surface area contributed by atoms with Gasteiger partial charge in [-0.15, -0.1) is 0 Å². The molecule has 0 bridgehead atoms. The average Bonchev–Trinajstić information content (AvgIpc) is 3.12. The lowest BCUT2D eigenvalue weighted by molar-refractivity contribution is 0.203. The monoisotopic (exact) mass is 342 g/mol. The molecule has 8 heteroatoms. The van der Waals surface area contributed by atoms with Gasteiger partial charge in [-0.25, -0.2) is 9.37 Å². The number of benzene rings is 1. The van der Waals surface area contributed by atoms with E-state index in [1.165, 1.54) is 12.1 Å². The van der Waals surface area contributed by atoms with Gasteiger partial charge in [0.2, 0.25) is 5.95 Å². The van der Waals surface area contributed by atoms with Gasteiger partial charge < -0.3 is 20.3 Å².